The lowest BCUT2D eigenvalue weighted by Gasteiger charge is -2.19. The predicted octanol–water partition coefficient (Wildman–Crippen LogP) is 5.08. The lowest BCUT2D eigenvalue weighted by molar-refractivity contribution is -0.148. The normalized spacial score (nSPS) is 12.4. The van der Waals surface area contributed by atoms with Gasteiger partial charge >= 0.3 is 5.97 Å². The van der Waals surface area contributed by atoms with E-state index in [1.54, 1.807) is 12.1 Å². The number of rotatable bonds is 6. The third kappa shape index (κ3) is 4.39. The standard InChI is InChI=1S/C20H21ClN2O4/c1-11(2)18(14-5-7-15(21)8-6-14)20(24)25-10-17-22-23-19(27-17)16-9-12(3)26-13(16)4/h5-9,11,18H,10H2,1-4H3/t18-/m0/s1. The Balaban J connectivity index is 1.69. The first kappa shape index (κ1) is 19.2. The third-order valence-corrected chi connectivity index (χ3v) is 4.48. The SMILES string of the molecule is Cc1cc(-c2nnc(COC(=O)[C@H](c3ccc(Cl)cc3)C(C)C)o2)c(C)o1. The number of ether oxygens (including phenoxy) is 1. The largest absolute Gasteiger partial charge is 0.466 e. The van der Waals surface area contributed by atoms with Gasteiger partial charge in [0.2, 0.25) is 0 Å². The summed E-state index contributed by atoms with van der Waals surface area (Å²) in [4.78, 5) is 12.6. The summed E-state index contributed by atoms with van der Waals surface area (Å²) < 4.78 is 16.5. The van der Waals surface area contributed by atoms with E-state index >= 15 is 0 Å². The van der Waals surface area contributed by atoms with Gasteiger partial charge in [0, 0.05) is 5.02 Å². The van der Waals surface area contributed by atoms with Crippen molar-refractivity contribution in [3.8, 4) is 11.5 Å². The van der Waals surface area contributed by atoms with Crippen LogP contribution in [-0.4, -0.2) is 16.2 Å². The van der Waals surface area contributed by atoms with E-state index in [2.05, 4.69) is 10.2 Å². The second kappa shape index (κ2) is 7.96. The molecule has 142 valence electrons. The number of esters is 1. The molecule has 0 bridgehead atoms. The van der Waals surface area contributed by atoms with Gasteiger partial charge in [-0.05, 0) is 43.5 Å². The molecule has 0 amide bonds. The molecule has 0 saturated heterocycles. The monoisotopic (exact) mass is 388 g/mol. The molecule has 0 unspecified atom stereocenters. The van der Waals surface area contributed by atoms with Gasteiger partial charge in [0.1, 0.15) is 11.5 Å². The first-order valence-corrected chi connectivity index (χ1v) is 9.05. The molecule has 0 radical (unpaired) electrons. The highest BCUT2D eigenvalue weighted by Gasteiger charge is 2.26. The zero-order valence-corrected chi connectivity index (χ0v) is 16.4. The topological polar surface area (TPSA) is 78.4 Å². The first-order chi connectivity index (χ1) is 12.8. The maximum Gasteiger partial charge on any atom is 0.314 e. The number of hydrogen-bond acceptors (Lipinski definition) is 6. The van der Waals surface area contributed by atoms with Gasteiger partial charge in [0.15, 0.2) is 6.61 Å². The number of nitrogens with zero attached hydrogens (tertiary/aromatic N) is 2. The number of carbonyl (C=O) groups is 1. The Morgan fingerprint density at radius 1 is 1.15 bits per heavy atom. The Morgan fingerprint density at radius 2 is 1.85 bits per heavy atom. The lowest BCUT2D eigenvalue weighted by atomic mass is 9.88. The summed E-state index contributed by atoms with van der Waals surface area (Å²) in [6.07, 6.45) is 0. The van der Waals surface area contributed by atoms with Crippen LogP contribution in [0.4, 0.5) is 0 Å². The van der Waals surface area contributed by atoms with E-state index in [1.165, 1.54) is 0 Å². The Kier molecular flexibility index (Phi) is 5.65. The molecular weight excluding hydrogens is 368 g/mol. The van der Waals surface area contributed by atoms with Crippen molar-refractivity contribution in [2.45, 2.75) is 40.2 Å². The van der Waals surface area contributed by atoms with Crippen LogP contribution in [0.2, 0.25) is 5.02 Å². The van der Waals surface area contributed by atoms with Gasteiger partial charge < -0.3 is 13.6 Å². The molecule has 1 atom stereocenters. The summed E-state index contributed by atoms with van der Waals surface area (Å²) in [6.45, 7) is 7.52. The molecule has 6 nitrogen and oxygen atoms in total. The highest BCUT2D eigenvalue weighted by Crippen LogP contribution is 2.28. The maximum atomic E-state index is 12.6. The van der Waals surface area contributed by atoms with Crippen LogP contribution in [-0.2, 0) is 16.1 Å². The summed E-state index contributed by atoms with van der Waals surface area (Å²) >= 11 is 5.93. The Morgan fingerprint density at radius 3 is 2.44 bits per heavy atom. The fraction of sp³-hybridized carbons (Fsp3) is 0.350. The van der Waals surface area contributed by atoms with Crippen LogP contribution in [0.1, 0.15) is 42.7 Å². The highest BCUT2D eigenvalue weighted by atomic mass is 35.5. The zero-order chi connectivity index (χ0) is 19.6. The number of benzene rings is 1. The minimum Gasteiger partial charge on any atom is -0.466 e. The molecule has 0 spiro atoms. The van der Waals surface area contributed by atoms with Crippen molar-refractivity contribution >= 4 is 17.6 Å². The van der Waals surface area contributed by atoms with Gasteiger partial charge in [0.25, 0.3) is 11.8 Å². The molecule has 7 heteroatoms. The number of carbonyl (C=O) groups excluding carboxylic acids is 1. The molecule has 2 aromatic heterocycles. The van der Waals surface area contributed by atoms with Gasteiger partial charge in [-0.2, -0.15) is 0 Å². The molecule has 27 heavy (non-hydrogen) atoms. The van der Waals surface area contributed by atoms with E-state index in [9.17, 15) is 4.79 Å². The van der Waals surface area contributed by atoms with Crippen LogP contribution >= 0.6 is 11.6 Å². The second-order valence-corrected chi connectivity index (χ2v) is 7.15. The van der Waals surface area contributed by atoms with Crippen molar-refractivity contribution in [3.05, 3.63) is 58.3 Å². The molecule has 3 aromatic rings. The summed E-state index contributed by atoms with van der Waals surface area (Å²) in [5, 5.41) is 8.58. The molecule has 0 saturated carbocycles. The molecule has 0 fully saturated rings. The number of halogens is 1. The smallest absolute Gasteiger partial charge is 0.314 e. The van der Waals surface area contributed by atoms with Crippen molar-refractivity contribution in [2.75, 3.05) is 0 Å². The van der Waals surface area contributed by atoms with Crippen molar-refractivity contribution < 1.29 is 18.4 Å². The average Bonchev–Trinajstić information content (AvgIpc) is 3.20. The number of furan rings is 1. The van der Waals surface area contributed by atoms with Crippen LogP contribution in [0.25, 0.3) is 11.5 Å². The summed E-state index contributed by atoms with van der Waals surface area (Å²) in [6, 6.07) is 9.03. The quantitative estimate of drug-likeness (QED) is 0.548. The second-order valence-electron chi connectivity index (χ2n) is 6.71. The molecule has 0 N–H and O–H groups in total. The fourth-order valence-electron chi connectivity index (χ4n) is 2.95. The molecule has 0 aliphatic heterocycles. The maximum absolute atomic E-state index is 12.6. The Hall–Kier alpha value is -2.60. The van der Waals surface area contributed by atoms with E-state index in [1.807, 2.05) is 45.9 Å². The number of aryl methyl sites for hydroxylation is 2. The van der Waals surface area contributed by atoms with Crippen molar-refractivity contribution in [2.24, 2.45) is 5.92 Å². The van der Waals surface area contributed by atoms with Gasteiger partial charge in [-0.25, -0.2) is 0 Å². The zero-order valence-electron chi connectivity index (χ0n) is 15.7. The molecule has 2 heterocycles. The lowest BCUT2D eigenvalue weighted by Crippen LogP contribution is -2.20. The van der Waals surface area contributed by atoms with Gasteiger partial charge in [0.05, 0.1) is 11.5 Å². The summed E-state index contributed by atoms with van der Waals surface area (Å²) in [7, 11) is 0. The van der Waals surface area contributed by atoms with Crippen molar-refractivity contribution in [1.82, 2.24) is 10.2 Å². The highest BCUT2D eigenvalue weighted by molar-refractivity contribution is 6.30. The van der Waals surface area contributed by atoms with Crippen molar-refractivity contribution in [1.29, 1.82) is 0 Å². The van der Waals surface area contributed by atoms with E-state index in [0.717, 1.165) is 16.9 Å². The van der Waals surface area contributed by atoms with E-state index in [0.29, 0.717) is 16.7 Å². The molecular formula is C20H21ClN2O4. The van der Waals surface area contributed by atoms with Gasteiger partial charge in [-0.3, -0.25) is 4.79 Å². The fourth-order valence-corrected chi connectivity index (χ4v) is 3.08. The molecule has 0 aliphatic rings. The number of hydrogen-bond donors (Lipinski definition) is 0. The van der Waals surface area contributed by atoms with Crippen LogP contribution in [0.5, 0.6) is 0 Å². The summed E-state index contributed by atoms with van der Waals surface area (Å²) in [5.41, 5.74) is 1.59. The predicted molar refractivity (Wildman–Crippen MR) is 100 cm³/mol. The van der Waals surface area contributed by atoms with Gasteiger partial charge in [-0.15, -0.1) is 10.2 Å². The van der Waals surface area contributed by atoms with Gasteiger partial charge in [-0.1, -0.05) is 37.6 Å². The molecule has 3 rings (SSSR count). The van der Waals surface area contributed by atoms with Crippen LogP contribution < -0.4 is 0 Å². The number of aromatic nitrogens is 2. The van der Waals surface area contributed by atoms with E-state index < -0.39 is 5.92 Å². The van der Waals surface area contributed by atoms with Crippen molar-refractivity contribution in [3.63, 3.8) is 0 Å². The van der Waals surface area contributed by atoms with Crippen LogP contribution in [0.3, 0.4) is 0 Å². The van der Waals surface area contributed by atoms with Crippen LogP contribution in [0, 0.1) is 19.8 Å². The summed E-state index contributed by atoms with van der Waals surface area (Å²) in [5.74, 6) is 1.35. The van der Waals surface area contributed by atoms with Crippen LogP contribution in [0.15, 0.2) is 39.2 Å². The average molecular weight is 389 g/mol. The Labute approximate surface area is 162 Å². The molecule has 0 aliphatic carbocycles. The molecule has 1 aromatic carbocycles. The minimum atomic E-state index is -0.400. The first-order valence-electron chi connectivity index (χ1n) is 8.67. The van der Waals surface area contributed by atoms with E-state index in [-0.39, 0.29) is 24.4 Å². The van der Waals surface area contributed by atoms with E-state index in [4.69, 9.17) is 25.2 Å². The Bertz CT molecular complexity index is 928. The third-order valence-electron chi connectivity index (χ3n) is 4.23. The minimum absolute atomic E-state index is 0.0634.